The Labute approximate surface area is 119 Å². The van der Waals surface area contributed by atoms with E-state index in [1.165, 1.54) is 12.8 Å². The Balaban J connectivity index is 1.65. The Morgan fingerprint density at radius 3 is 2.50 bits per heavy atom. The SMILES string of the molecule is CCN(CC(=O)O)C1CC(NC(=O)N[C@@H](C)C2CC2)C1. The normalized spacial score (nSPS) is 26.8. The highest BCUT2D eigenvalue weighted by Gasteiger charge is 2.35. The topological polar surface area (TPSA) is 81.7 Å². The molecule has 20 heavy (non-hydrogen) atoms. The van der Waals surface area contributed by atoms with Crippen LogP contribution in [0.2, 0.25) is 0 Å². The second kappa shape index (κ2) is 6.43. The van der Waals surface area contributed by atoms with Crippen LogP contribution in [0, 0.1) is 5.92 Å². The van der Waals surface area contributed by atoms with Crippen LogP contribution in [0.25, 0.3) is 0 Å². The molecule has 2 aliphatic rings. The van der Waals surface area contributed by atoms with Crippen LogP contribution in [0.5, 0.6) is 0 Å². The largest absolute Gasteiger partial charge is 0.480 e. The Hall–Kier alpha value is -1.30. The average molecular weight is 283 g/mol. The van der Waals surface area contributed by atoms with Crippen LogP contribution in [0.3, 0.4) is 0 Å². The van der Waals surface area contributed by atoms with Crippen LogP contribution >= 0.6 is 0 Å². The number of aliphatic carboxylic acids is 1. The summed E-state index contributed by atoms with van der Waals surface area (Å²) in [7, 11) is 0. The molecule has 2 aliphatic carbocycles. The molecule has 114 valence electrons. The summed E-state index contributed by atoms with van der Waals surface area (Å²) in [6, 6.07) is 0.621. The van der Waals surface area contributed by atoms with Gasteiger partial charge in [-0.2, -0.15) is 0 Å². The first-order valence-corrected chi connectivity index (χ1v) is 7.52. The van der Waals surface area contributed by atoms with Gasteiger partial charge < -0.3 is 15.7 Å². The van der Waals surface area contributed by atoms with Gasteiger partial charge in [0.1, 0.15) is 0 Å². The van der Waals surface area contributed by atoms with Crippen molar-refractivity contribution in [3.05, 3.63) is 0 Å². The first-order valence-electron chi connectivity index (χ1n) is 7.52. The summed E-state index contributed by atoms with van der Waals surface area (Å²) in [5.74, 6) is -0.139. The van der Waals surface area contributed by atoms with Gasteiger partial charge in [0.25, 0.3) is 0 Å². The van der Waals surface area contributed by atoms with Gasteiger partial charge in [-0.3, -0.25) is 9.69 Å². The van der Waals surface area contributed by atoms with E-state index in [1.807, 2.05) is 18.7 Å². The molecular weight excluding hydrogens is 258 g/mol. The number of likely N-dealkylation sites (N-methyl/N-ethyl adjacent to an activating group) is 1. The zero-order valence-corrected chi connectivity index (χ0v) is 12.3. The van der Waals surface area contributed by atoms with Gasteiger partial charge in [0.2, 0.25) is 0 Å². The fraction of sp³-hybridized carbons (Fsp3) is 0.857. The lowest BCUT2D eigenvalue weighted by Gasteiger charge is -2.42. The van der Waals surface area contributed by atoms with Crippen molar-refractivity contribution in [1.29, 1.82) is 0 Å². The van der Waals surface area contributed by atoms with E-state index in [-0.39, 0.29) is 30.7 Å². The second-order valence-corrected chi connectivity index (χ2v) is 6.02. The molecule has 0 aliphatic heterocycles. The van der Waals surface area contributed by atoms with Crippen LogP contribution in [-0.2, 0) is 4.79 Å². The molecular formula is C14H25N3O3. The zero-order valence-electron chi connectivity index (χ0n) is 12.3. The molecule has 0 radical (unpaired) electrons. The van der Waals surface area contributed by atoms with E-state index in [1.54, 1.807) is 0 Å². The van der Waals surface area contributed by atoms with Crippen molar-refractivity contribution < 1.29 is 14.7 Å². The minimum atomic E-state index is -0.792. The van der Waals surface area contributed by atoms with Crippen molar-refractivity contribution in [3.63, 3.8) is 0 Å². The van der Waals surface area contributed by atoms with Crippen LogP contribution < -0.4 is 10.6 Å². The van der Waals surface area contributed by atoms with Gasteiger partial charge >= 0.3 is 12.0 Å². The number of carboxylic acids is 1. The summed E-state index contributed by atoms with van der Waals surface area (Å²) in [6.07, 6.45) is 4.11. The summed E-state index contributed by atoms with van der Waals surface area (Å²) in [5, 5.41) is 14.8. The van der Waals surface area contributed by atoms with Crippen LogP contribution in [0.4, 0.5) is 4.79 Å². The van der Waals surface area contributed by atoms with Crippen molar-refractivity contribution in [3.8, 4) is 0 Å². The molecule has 0 spiro atoms. The fourth-order valence-electron chi connectivity index (χ4n) is 2.82. The number of nitrogens with zero attached hydrogens (tertiary/aromatic N) is 1. The maximum Gasteiger partial charge on any atom is 0.317 e. The van der Waals surface area contributed by atoms with E-state index in [0.29, 0.717) is 5.92 Å². The third-order valence-electron chi connectivity index (χ3n) is 4.40. The van der Waals surface area contributed by atoms with E-state index < -0.39 is 5.97 Å². The number of carbonyl (C=O) groups is 2. The van der Waals surface area contributed by atoms with Gasteiger partial charge in [-0.05, 0) is 45.1 Å². The molecule has 2 saturated carbocycles. The lowest BCUT2D eigenvalue weighted by atomic mass is 9.85. The van der Waals surface area contributed by atoms with Crippen molar-refractivity contribution in [2.75, 3.05) is 13.1 Å². The number of nitrogens with one attached hydrogen (secondary N) is 2. The first kappa shape index (κ1) is 15.1. The lowest BCUT2D eigenvalue weighted by Crippen LogP contribution is -2.57. The highest BCUT2D eigenvalue weighted by molar-refractivity contribution is 5.74. The Morgan fingerprint density at radius 2 is 2.00 bits per heavy atom. The van der Waals surface area contributed by atoms with E-state index in [9.17, 15) is 9.59 Å². The van der Waals surface area contributed by atoms with Crippen LogP contribution in [-0.4, -0.2) is 53.2 Å². The Bertz CT molecular complexity index is 365. The predicted octanol–water partition coefficient (Wildman–Crippen LogP) is 1.02. The van der Waals surface area contributed by atoms with Gasteiger partial charge in [-0.25, -0.2) is 4.79 Å². The number of rotatable bonds is 7. The van der Waals surface area contributed by atoms with Crippen molar-refractivity contribution in [2.45, 2.75) is 57.7 Å². The molecule has 0 unspecified atom stereocenters. The number of carboxylic acid groups (broad SMARTS) is 1. The molecule has 0 bridgehead atoms. The number of urea groups is 1. The molecule has 1 atom stereocenters. The van der Waals surface area contributed by atoms with Crippen molar-refractivity contribution in [1.82, 2.24) is 15.5 Å². The van der Waals surface area contributed by atoms with Crippen molar-refractivity contribution in [2.24, 2.45) is 5.92 Å². The highest BCUT2D eigenvalue weighted by Crippen LogP contribution is 2.32. The molecule has 0 heterocycles. The van der Waals surface area contributed by atoms with E-state index in [2.05, 4.69) is 10.6 Å². The minimum Gasteiger partial charge on any atom is -0.480 e. The molecule has 2 rings (SSSR count). The van der Waals surface area contributed by atoms with Crippen molar-refractivity contribution >= 4 is 12.0 Å². The fourth-order valence-corrected chi connectivity index (χ4v) is 2.82. The maximum atomic E-state index is 11.8. The Morgan fingerprint density at radius 1 is 1.35 bits per heavy atom. The Kier molecular flexibility index (Phi) is 4.86. The molecule has 6 heteroatoms. The number of hydrogen-bond acceptors (Lipinski definition) is 3. The van der Waals surface area contributed by atoms with Gasteiger partial charge in [-0.1, -0.05) is 6.92 Å². The predicted molar refractivity (Wildman–Crippen MR) is 75.5 cm³/mol. The smallest absolute Gasteiger partial charge is 0.317 e. The summed E-state index contributed by atoms with van der Waals surface area (Å²) in [4.78, 5) is 24.5. The molecule has 2 fully saturated rings. The summed E-state index contributed by atoms with van der Waals surface area (Å²) >= 11 is 0. The average Bonchev–Trinajstić information content (AvgIpc) is 3.14. The molecule has 6 nitrogen and oxygen atoms in total. The zero-order chi connectivity index (χ0) is 14.7. The third kappa shape index (κ3) is 4.10. The molecule has 0 aromatic rings. The van der Waals surface area contributed by atoms with E-state index >= 15 is 0 Å². The third-order valence-corrected chi connectivity index (χ3v) is 4.40. The maximum absolute atomic E-state index is 11.8. The van der Waals surface area contributed by atoms with Crippen LogP contribution in [0.1, 0.15) is 39.5 Å². The summed E-state index contributed by atoms with van der Waals surface area (Å²) in [6.45, 7) is 4.83. The van der Waals surface area contributed by atoms with Gasteiger partial charge in [-0.15, -0.1) is 0 Å². The van der Waals surface area contributed by atoms with Crippen LogP contribution in [0.15, 0.2) is 0 Å². The molecule has 3 N–H and O–H groups in total. The second-order valence-electron chi connectivity index (χ2n) is 6.02. The number of hydrogen-bond donors (Lipinski definition) is 3. The monoisotopic (exact) mass is 283 g/mol. The van der Waals surface area contributed by atoms with E-state index in [4.69, 9.17) is 5.11 Å². The summed E-state index contributed by atoms with van der Waals surface area (Å²) in [5.41, 5.74) is 0. The number of carbonyl (C=O) groups excluding carboxylic acids is 1. The first-order chi connectivity index (χ1) is 9.49. The summed E-state index contributed by atoms with van der Waals surface area (Å²) < 4.78 is 0. The molecule has 2 amide bonds. The van der Waals surface area contributed by atoms with Gasteiger partial charge in [0.15, 0.2) is 0 Å². The highest BCUT2D eigenvalue weighted by atomic mass is 16.4. The molecule has 0 aromatic heterocycles. The standard InChI is InChI=1S/C14H25N3O3/c1-3-17(8-13(18)19)12-6-11(7-12)16-14(20)15-9(2)10-4-5-10/h9-12H,3-8H2,1-2H3,(H,18,19)(H2,15,16,20)/t9-,11?,12?/m0/s1. The number of amides is 2. The van der Waals surface area contributed by atoms with E-state index in [0.717, 1.165) is 19.4 Å². The molecule has 0 saturated heterocycles. The lowest BCUT2D eigenvalue weighted by molar-refractivity contribution is -0.139. The minimum absolute atomic E-state index is 0.0821. The van der Waals surface area contributed by atoms with Gasteiger partial charge in [0, 0.05) is 18.1 Å². The van der Waals surface area contributed by atoms with Gasteiger partial charge in [0.05, 0.1) is 6.54 Å². The molecule has 0 aromatic carbocycles. The quantitative estimate of drug-likeness (QED) is 0.651.